The first kappa shape index (κ1) is 24.3. The number of anilines is 1. The lowest BCUT2D eigenvalue weighted by molar-refractivity contribution is -0.113. The van der Waals surface area contributed by atoms with E-state index in [0.29, 0.717) is 26.2 Å². The van der Waals surface area contributed by atoms with Crippen LogP contribution in [-0.4, -0.2) is 26.4 Å². The highest BCUT2D eigenvalue weighted by Gasteiger charge is 2.22. The summed E-state index contributed by atoms with van der Waals surface area (Å²) in [4.78, 5) is 12.5. The van der Waals surface area contributed by atoms with Gasteiger partial charge in [0.05, 0.1) is 16.5 Å². The Balaban J connectivity index is 1.55. The lowest BCUT2D eigenvalue weighted by Gasteiger charge is -2.17. The van der Waals surface area contributed by atoms with Gasteiger partial charge in [-0.15, -0.1) is 10.2 Å². The maximum atomic E-state index is 14.1. The van der Waals surface area contributed by atoms with Gasteiger partial charge in [-0.3, -0.25) is 9.36 Å². The molecule has 0 saturated heterocycles. The second-order valence-electron chi connectivity index (χ2n) is 7.16. The highest BCUT2D eigenvalue weighted by atomic mass is 79.9. The van der Waals surface area contributed by atoms with Gasteiger partial charge in [-0.1, -0.05) is 69.6 Å². The zero-order valence-electron chi connectivity index (χ0n) is 17.9. The zero-order valence-corrected chi connectivity index (χ0v) is 21.1. The number of aromatic nitrogens is 3. The van der Waals surface area contributed by atoms with Crippen LogP contribution in [0.4, 0.5) is 10.1 Å². The first-order valence-electron chi connectivity index (χ1n) is 10.2. The van der Waals surface area contributed by atoms with Crippen molar-refractivity contribution < 1.29 is 13.9 Å². The molecule has 0 radical (unpaired) electrons. The van der Waals surface area contributed by atoms with E-state index in [0.717, 1.165) is 5.69 Å². The fourth-order valence-electron chi connectivity index (χ4n) is 3.15. The van der Waals surface area contributed by atoms with Crippen LogP contribution in [0.3, 0.4) is 0 Å². The minimum atomic E-state index is -0.520. The largest absolute Gasteiger partial charge is 0.481 e. The van der Waals surface area contributed by atoms with Crippen molar-refractivity contribution in [2.24, 2.45) is 0 Å². The number of benzene rings is 3. The molecule has 0 saturated carbocycles. The quantitative estimate of drug-likeness (QED) is 0.243. The molecule has 3 aromatic carbocycles. The number of nitrogens with zero attached hydrogens (tertiary/aromatic N) is 3. The molecule has 0 aliphatic heterocycles. The van der Waals surface area contributed by atoms with E-state index in [1.54, 1.807) is 18.2 Å². The normalized spacial score (nSPS) is 11.8. The molecule has 0 bridgehead atoms. The van der Waals surface area contributed by atoms with Gasteiger partial charge in [-0.2, -0.15) is 0 Å². The molecule has 0 fully saturated rings. The summed E-state index contributed by atoms with van der Waals surface area (Å²) in [7, 11) is 0. The van der Waals surface area contributed by atoms with Gasteiger partial charge in [0.2, 0.25) is 5.91 Å². The van der Waals surface area contributed by atoms with Crippen LogP contribution in [0.25, 0.3) is 5.69 Å². The van der Waals surface area contributed by atoms with Crippen LogP contribution in [-0.2, 0) is 4.79 Å². The molecule has 1 atom stereocenters. The number of rotatable bonds is 8. The molecule has 1 heterocycles. The molecule has 1 amide bonds. The fourth-order valence-corrected chi connectivity index (χ4v) is 4.42. The molecule has 6 nitrogen and oxygen atoms in total. The van der Waals surface area contributed by atoms with Gasteiger partial charge in [0.25, 0.3) is 0 Å². The van der Waals surface area contributed by atoms with Crippen molar-refractivity contribution in [2.45, 2.75) is 18.2 Å². The van der Waals surface area contributed by atoms with Gasteiger partial charge in [0.1, 0.15) is 11.6 Å². The Morgan fingerprint density at radius 3 is 2.62 bits per heavy atom. The van der Waals surface area contributed by atoms with Crippen LogP contribution in [0.1, 0.15) is 18.9 Å². The van der Waals surface area contributed by atoms with Crippen LogP contribution in [0.15, 0.2) is 82.4 Å². The topological polar surface area (TPSA) is 69.0 Å². The number of amides is 1. The molecule has 4 rings (SSSR count). The number of halogens is 3. The summed E-state index contributed by atoms with van der Waals surface area (Å²) in [5.41, 5.74) is 0.930. The lowest BCUT2D eigenvalue weighted by atomic mass is 10.3. The van der Waals surface area contributed by atoms with Crippen molar-refractivity contribution in [3.05, 3.63) is 93.9 Å². The zero-order chi connectivity index (χ0) is 24.1. The summed E-state index contributed by atoms with van der Waals surface area (Å²) in [6.45, 7) is 1.85. The van der Waals surface area contributed by atoms with Crippen LogP contribution in [0.5, 0.6) is 5.75 Å². The number of carbonyl (C=O) groups excluding carboxylic acids is 1. The Kier molecular flexibility index (Phi) is 7.87. The molecule has 1 N–H and O–H groups in total. The van der Waals surface area contributed by atoms with Crippen LogP contribution < -0.4 is 10.1 Å². The van der Waals surface area contributed by atoms with E-state index >= 15 is 0 Å². The van der Waals surface area contributed by atoms with Gasteiger partial charge in [0.15, 0.2) is 17.1 Å². The summed E-state index contributed by atoms with van der Waals surface area (Å²) in [6, 6.07) is 21.2. The second-order valence-corrected chi connectivity index (χ2v) is 9.43. The van der Waals surface area contributed by atoms with Gasteiger partial charge < -0.3 is 10.1 Å². The molecule has 0 aliphatic carbocycles. The van der Waals surface area contributed by atoms with E-state index in [9.17, 15) is 9.18 Å². The average Bonchev–Trinajstić information content (AvgIpc) is 3.26. The molecule has 174 valence electrons. The Hall–Kier alpha value is -2.88. The van der Waals surface area contributed by atoms with E-state index in [1.165, 1.54) is 23.9 Å². The predicted octanol–water partition coefficient (Wildman–Crippen LogP) is 6.69. The Bertz CT molecular complexity index is 1310. The third kappa shape index (κ3) is 5.78. The van der Waals surface area contributed by atoms with Crippen molar-refractivity contribution in [3.63, 3.8) is 0 Å². The van der Waals surface area contributed by atoms with Crippen molar-refractivity contribution >= 4 is 50.9 Å². The predicted molar refractivity (Wildman–Crippen MR) is 135 cm³/mol. The van der Waals surface area contributed by atoms with Crippen molar-refractivity contribution in [1.82, 2.24) is 14.8 Å². The Labute approximate surface area is 213 Å². The van der Waals surface area contributed by atoms with Crippen molar-refractivity contribution in [1.29, 1.82) is 0 Å². The van der Waals surface area contributed by atoms with Crippen molar-refractivity contribution in [2.75, 3.05) is 11.1 Å². The third-order valence-electron chi connectivity index (χ3n) is 4.71. The molecular weight excluding hydrogens is 543 g/mol. The molecule has 1 aromatic heterocycles. The summed E-state index contributed by atoms with van der Waals surface area (Å²) >= 11 is 10.6. The summed E-state index contributed by atoms with van der Waals surface area (Å²) in [5, 5.41) is 12.2. The van der Waals surface area contributed by atoms with Crippen LogP contribution in [0.2, 0.25) is 5.02 Å². The molecule has 0 aliphatic rings. The van der Waals surface area contributed by atoms with Crippen molar-refractivity contribution in [3.8, 4) is 11.4 Å². The van der Waals surface area contributed by atoms with E-state index < -0.39 is 11.9 Å². The molecule has 4 aromatic rings. The van der Waals surface area contributed by atoms with Crippen LogP contribution in [0, 0.1) is 5.82 Å². The van der Waals surface area contributed by atoms with Gasteiger partial charge in [-0.25, -0.2) is 4.39 Å². The highest BCUT2D eigenvalue weighted by Crippen LogP contribution is 2.31. The maximum Gasteiger partial charge on any atom is 0.234 e. The number of thioether (sulfide) groups is 1. The third-order valence-corrected chi connectivity index (χ3v) is 6.45. The molecule has 34 heavy (non-hydrogen) atoms. The summed E-state index contributed by atoms with van der Waals surface area (Å²) < 4.78 is 22.5. The standard InChI is InChI=1S/C24H19BrClFN4O2S/c1-15(33-21-10-6-5-9-18(21)26)23-29-30-24(31(23)17-7-3-2-4-8-17)34-14-22(32)28-20-12-11-16(25)13-19(20)27/h2-13,15H,14H2,1H3,(H,28,32). The number of hydrogen-bond acceptors (Lipinski definition) is 5. The van der Waals surface area contributed by atoms with E-state index in [-0.39, 0.29) is 17.3 Å². The maximum absolute atomic E-state index is 14.1. The number of carbonyl (C=O) groups is 1. The van der Waals surface area contributed by atoms with Gasteiger partial charge >= 0.3 is 0 Å². The van der Waals surface area contributed by atoms with E-state index in [4.69, 9.17) is 16.3 Å². The molecule has 10 heteroatoms. The number of para-hydroxylation sites is 2. The fraction of sp³-hybridized carbons (Fsp3) is 0.125. The summed E-state index contributed by atoms with van der Waals surface area (Å²) in [5.74, 6) is 0.210. The number of nitrogens with one attached hydrogen (secondary N) is 1. The average molecular weight is 562 g/mol. The SMILES string of the molecule is CC(Oc1ccccc1Cl)c1nnc(SCC(=O)Nc2ccc(Br)cc2F)n1-c1ccccc1. The summed E-state index contributed by atoms with van der Waals surface area (Å²) in [6.07, 6.45) is -0.479. The van der Waals surface area contributed by atoms with Crippen LogP contribution >= 0.6 is 39.3 Å². The first-order valence-corrected chi connectivity index (χ1v) is 12.4. The number of hydrogen-bond donors (Lipinski definition) is 1. The lowest BCUT2D eigenvalue weighted by Crippen LogP contribution is -2.16. The second kappa shape index (κ2) is 11.0. The smallest absolute Gasteiger partial charge is 0.234 e. The number of ether oxygens (including phenoxy) is 1. The first-order chi connectivity index (χ1) is 16.4. The minimum absolute atomic E-state index is 0.0141. The van der Waals surface area contributed by atoms with E-state index in [1.807, 2.05) is 54.0 Å². The monoisotopic (exact) mass is 560 g/mol. The Morgan fingerprint density at radius 1 is 1.15 bits per heavy atom. The molecule has 0 spiro atoms. The van der Waals surface area contributed by atoms with Gasteiger partial charge in [-0.05, 0) is 49.4 Å². The minimum Gasteiger partial charge on any atom is -0.481 e. The van der Waals surface area contributed by atoms with E-state index in [2.05, 4.69) is 31.4 Å². The van der Waals surface area contributed by atoms with Gasteiger partial charge in [0, 0.05) is 10.2 Å². The molecular formula is C24H19BrClFN4O2S. The Morgan fingerprint density at radius 2 is 1.88 bits per heavy atom. The molecule has 1 unspecified atom stereocenters. The highest BCUT2D eigenvalue weighted by molar-refractivity contribution is 9.10.